The van der Waals surface area contributed by atoms with Crippen LogP contribution < -0.4 is 10.2 Å². The fraction of sp³-hybridized carbons (Fsp3) is 0.296. The number of imidazole rings is 1. The van der Waals surface area contributed by atoms with Crippen molar-refractivity contribution in [1.82, 2.24) is 24.5 Å². The molecule has 4 aromatic rings. The predicted octanol–water partition coefficient (Wildman–Crippen LogP) is 4.25. The molecule has 0 unspecified atom stereocenters. The Morgan fingerprint density at radius 2 is 1.95 bits per heavy atom. The van der Waals surface area contributed by atoms with Crippen molar-refractivity contribution in [1.29, 1.82) is 0 Å². The van der Waals surface area contributed by atoms with Gasteiger partial charge in [0.05, 0.1) is 31.2 Å². The summed E-state index contributed by atoms with van der Waals surface area (Å²) in [4.78, 5) is 32.0. The van der Waals surface area contributed by atoms with Crippen molar-refractivity contribution >= 4 is 17.5 Å². The minimum Gasteiger partial charge on any atom is -0.379 e. The minimum absolute atomic E-state index is 0.105. The quantitative estimate of drug-likeness (QED) is 0.394. The Labute approximate surface area is 221 Å². The van der Waals surface area contributed by atoms with E-state index in [1.807, 2.05) is 12.1 Å². The summed E-state index contributed by atoms with van der Waals surface area (Å²) < 4.78 is 46.0. The molecule has 1 amide bonds. The number of ether oxygens (including phenoxy) is 1. The van der Waals surface area contributed by atoms with Crippen LogP contribution in [0.1, 0.15) is 23.2 Å². The number of halogens is 3. The number of rotatable bonds is 6. The molecular weight excluding hydrogens is 511 g/mol. The number of amides is 1. The summed E-state index contributed by atoms with van der Waals surface area (Å²) in [5, 5.41) is 3.40. The van der Waals surface area contributed by atoms with Crippen LogP contribution in [0.5, 0.6) is 0 Å². The van der Waals surface area contributed by atoms with E-state index >= 15 is 0 Å². The number of aryl methyl sites for hydroxylation is 1. The van der Waals surface area contributed by atoms with E-state index < -0.39 is 11.9 Å². The van der Waals surface area contributed by atoms with E-state index in [0.29, 0.717) is 36.2 Å². The number of hydrogen-bond donors (Lipinski definition) is 1. The summed E-state index contributed by atoms with van der Waals surface area (Å²) >= 11 is 0. The third kappa shape index (κ3) is 4.94. The van der Waals surface area contributed by atoms with E-state index in [-0.39, 0.29) is 30.7 Å². The predicted molar refractivity (Wildman–Crippen MR) is 137 cm³/mol. The van der Waals surface area contributed by atoms with Crippen LogP contribution in [0.4, 0.5) is 24.8 Å². The van der Waals surface area contributed by atoms with E-state index in [0.717, 1.165) is 29.3 Å². The van der Waals surface area contributed by atoms with Gasteiger partial charge >= 0.3 is 6.18 Å². The molecule has 1 atom stereocenters. The first-order valence-corrected chi connectivity index (χ1v) is 12.4. The molecule has 1 N–H and O–H groups in total. The van der Waals surface area contributed by atoms with Gasteiger partial charge < -0.3 is 14.6 Å². The molecule has 3 aromatic heterocycles. The van der Waals surface area contributed by atoms with Crippen LogP contribution in [0, 0.1) is 0 Å². The number of hydrogen-bond acceptors (Lipinski definition) is 7. The van der Waals surface area contributed by atoms with Crippen molar-refractivity contribution in [3.63, 3.8) is 0 Å². The lowest BCUT2D eigenvalue weighted by atomic mass is 10.1. The molecule has 9 nitrogen and oxygen atoms in total. The zero-order valence-electron chi connectivity index (χ0n) is 20.9. The number of nitrogens with one attached hydrogen (secondary N) is 1. The molecule has 0 saturated carbocycles. The fourth-order valence-corrected chi connectivity index (χ4v) is 4.78. The molecule has 0 bridgehead atoms. The van der Waals surface area contributed by atoms with Crippen LogP contribution in [0.3, 0.4) is 0 Å². The number of anilines is 2. The zero-order chi connectivity index (χ0) is 27.1. The molecule has 0 radical (unpaired) electrons. The number of alkyl halides is 3. The van der Waals surface area contributed by atoms with Crippen molar-refractivity contribution < 1.29 is 22.7 Å². The Bertz CT molecular complexity index is 1530. The number of pyridine rings is 1. The molecule has 5 heterocycles. The van der Waals surface area contributed by atoms with Crippen LogP contribution in [0.15, 0.2) is 55.0 Å². The maximum absolute atomic E-state index is 13.1. The highest BCUT2D eigenvalue weighted by Crippen LogP contribution is 2.33. The molecule has 200 valence electrons. The van der Waals surface area contributed by atoms with Gasteiger partial charge in [0.15, 0.2) is 11.5 Å². The normalized spacial score (nSPS) is 17.1. The van der Waals surface area contributed by atoms with E-state index in [1.165, 1.54) is 11.6 Å². The first kappa shape index (κ1) is 25.0. The van der Waals surface area contributed by atoms with Gasteiger partial charge in [0, 0.05) is 43.4 Å². The summed E-state index contributed by atoms with van der Waals surface area (Å²) in [7, 11) is 1.52. The van der Waals surface area contributed by atoms with E-state index in [4.69, 9.17) is 9.72 Å². The second-order valence-corrected chi connectivity index (χ2v) is 9.56. The fourth-order valence-electron chi connectivity index (χ4n) is 4.78. The zero-order valence-corrected chi connectivity index (χ0v) is 20.9. The Morgan fingerprint density at radius 3 is 2.67 bits per heavy atom. The molecule has 2 aliphatic rings. The van der Waals surface area contributed by atoms with Gasteiger partial charge in [-0.3, -0.25) is 9.69 Å². The van der Waals surface area contributed by atoms with Gasteiger partial charge in [-0.2, -0.15) is 13.2 Å². The van der Waals surface area contributed by atoms with Crippen LogP contribution in [0.25, 0.3) is 22.8 Å². The van der Waals surface area contributed by atoms with Gasteiger partial charge in [-0.1, -0.05) is 24.3 Å². The lowest BCUT2D eigenvalue weighted by Gasteiger charge is -2.18. The lowest BCUT2D eigenvalue weighted by Crippen LogP contribution is -2.26. The second-order valence-electron chi connectivity index (χ2n) is 9.56. The van der Waals surface area contributed by atoms with Gasteiger partial charge in [0.1, 0.15) is 17.5 Å². The summed E-state index contributed by atoms with van der Waals surface area (Å²) in [5.41, 5.74) is 1.86. The number of nitrogens with zero attached hydrogens (tertiary/aromatic N) is 6. The standard InChI is InChI=1S/C27H24F3N7O2/c1-36-14-21(27(28,29)30)34-25(36)17-6-4-16(5-7-17)13-37-22(38)11-18-12-32-24(35-26(18)37)20-3-2-9-31-23(20)33-19-8-10-39-15-19/h2-7,9,12,14,19H,8,10-11,13,15H2,1H3,(H,31,33)/t19-/m0/s1. The first-order chi connectivity index (χ1) is 18.8. The molecule has 1 aromatic carbocycles. The monoisotopic (exact) mass is 535 g/mol. The van der Waals surface area contributed by atoms with E-state index in [1.54, 1.807) is 41.6 Å². The third-order valence-corrected chi connectivity index (χ3v) is 6.78. The Hall–Kier alpha value is -4.32. The summed E-state index contributed by atoms with van der Waals surface area (Å²) in [6.07, 6.45) is 0.893. The highest BCUT2D eigenvalue weighted by molar-refractivity contribution is 6.00. The molecule has 39 heavy (non-hydrogen) atoms. The molecule has 1 saturated heterocycles. The number of fused-ring (bicyclic) bond motifs is 1. The topological polar surface area (TPSA) is 98.1 Å². The van der Waals surface area contributed by atoms with Gasteiger partial charge in [-0.15, -0.1) is 0 Å². The maximum Gasteiger partial charge on any atom is 0.434 e. The van der Waals surface area contributed by atoms with Gasteiger partial charge in [-0.05, 0) is 24.1 Å². The van der Waals surface area contributed by atoms with Crippen LogP contribution in [0.2, 0.25) is 0 Å². The van der Waals surface area contributed by atoms with Gasteiger partial charge in [-0.25, -0.2) is 19.9 Å². The molecule has 0 aliphatic carbocycles. The molecule has 2 aliphatic heterocycles. The van der Waals surface area contributed by atoms with Crippen LogP contribution >= 0.6 is 0 Å². The van der Waals surface area contributed by atoms with Crippen molar-refractivity contribution in [2.24, 2.45) is 7.05 Å². The lowest BCUT2D eigenvalue weighted by molar-refractivity contribution is -0.140. The summed E-state index contributed by atoms with van der Waals surface area (Å²) in [5.74, 6) is 1.74. The highest BCUT2D eigenvalue weighted by atomic mass is 19.4. The number of carbonyl (C=O) groups is 1. The first-order valence-electron chi connectivity index (χ1n) is 12.4. The Kier molecular flexibility index (Phi) is 6.26. The average Bonchev–Trinajstić information content (AvgIpc) is 3.64. The summed E-state index contributed by atoms with van der Waals surface area (Å²) in [6.45, 7) is 1.56. The largest absolute Gasteiger partial charge is 0.434 e. The molecular formula is C27H24F3N7O2. The Morgan fingerprint density at radius 1 is 1.13 bits per heavy atom. The number of carbonyl (C=O) groups excluding carboxylic acids is 1. The van der Waals surface area contributed by atoms with Gasteiger partial charge in [0.2, 0.25) is 5.91 Å². The van der Waals surface area contributed by atoms with Crippen molar-refractivity contribution in [2.45, 2.75) is 31.6 Å². The molecule has 0 spiro atoms. The highest BCUT2D eigenvalue weighted by Gasteiger charge is 2.35. The summed E-state index contributed by atoms with van der Waals surface area (Å²) in [6, 6.07) is 10.8. The van der Waals surface area contributed by atoms with Crippen LogP contribution in [-0.2, 0) is 35.7 Å². The average molecular weight is 536 g/mol. The third-order valence-electron chi connectivity index (χ3n) is 6.78. The van der Waals surface area contributed by atoms with E-state index in [9.17, 15) is 18.0 Å². The van der Waals surface area contributed by atoms with Crippen molar-refractivity contribution in [2.75, 3.05) is 23.4 Å². The SMILES string of the molecule is Cn1cc(C(F)(F)F)nc1-c1ccc(CN2C(=O)Cc3cnc(-c4cccnc4N[C@H]4CCOC4)nc32)cc1. The second kappa shape index (κ2) is 9.77. The van der Waals surface area contributed by atoms with Crippen LogP contribution in [-0.4, -0.2) is 49.7 Å². The molecule has 6 rings (SSSR count). The minimum atomic E-state index is -4.52. The van der Waals surface area contributed by atoms with Crippen molar-refractivity contribution in [3.8, 4) is 22.8 Å². The molecule has 12 heteroatoms. The van der Waals surface area contributed by atoms with E-state index in [2.05, 4.69) is 20.3 Å². The Balaban J connectivity index is 1.24. The maximum atomic E-state index is 13.1. The van der Waals surface area contributed by atoms with Crippen molar-refractivity contribution in [3.05, 3.63) is 71.8 Å². The molecule has 1 fully saturated rings. The number of benzene rings is 1. The van der Waals surface area contributed by atoms with Gasteiger partial charge in [0.25, 0.3) is 0 Å². The smallest absolute Gasteiger partial charge is 0.379 e. The number of aromatic nitrogens is 5.